The molecule has 2 fully saturated rings. The van der Waals surface area contributed by atoms with Crippen molar-refractivity contribution in [2.45, 2.75) is 95.7 Å². The molecule has 2 aromatic rings. The van der Waals surface area contributed by atoms with Crippen molar-refractivity contribution in [3.05, 3.63) is 70.8 Å². The van der Waals surface area contributed by atoms with Gasteiger partial charge in [-0.25, -0.2) is 8.78 Å². The molecule has 0 spiro atoms. The Bertz CT molecular complexity index is 938. The van der Waals surface area contributed by atoms with Crippen LogP contribution in [0.4, 0.5) is 8.78 Å². The Morgan fingerprint density at radius 2 is 1.51 bits per heavy atom. The van der Waals surface area contributed by atoms with E-state index in [1.54, 1.807) is 0 Å². The molecule has 1 atom stereocenters. The molecule has 3 nitrogen and oxygen atoms in total. The normalized spacial score (nSPS) is 25.7. The van der Waals surface area contributed by atoms with Crippen LogP contribution in [0.3, 0.4) is 0 Å². The molecule has 4 rings (SSSR count). The van der Waals surface area contributed by atoms with Gasteiger partial charge in [0.05, 0.1) is 12.0 Å². The quantitative estimate of drug-likeness (QED) is 0.365. The van der Waals surface area contributed by atoms with Crippen molar-refractivity contribution < 1.29 is 23.0 Å². The molecule has 190 valence electrons. The average Bonchev–Trinajstić information content (AvgIpc) is 2.88. The summed E-state index contributed by atoms with van der Waals surface area (Å²) in [6, 6.07) is 12.8. The molecule has 2 saturated carbocycles. The number of benzene rings is 2. The van der Waals surface area contributed by atoms with Gasteiger partial charge in [0.15, 0.2) is 0 Å². The molecule has 0 radical (unpaired) electrons. The lowest BCUT2D eigenvalue weighted by atomic mass is 9.78. The second kappa shape index (κ2) is 12.1. The third-order valence-corrected chi connectivity index (χ3v) is 7.88. The molecule has 2 aliphatic carbocycles. The Kier molecular flexibility index (Phi) is 8.94. The Morgan fingerprint density at radius 3 is 2.11 bits per heavy atom. The fraction of sp³-hybridized carbons (Fsp3) is 0.567. The predicted octanol–water partition coefficient (Wildman–Crippen LogP) is 7.48. The number of ether oxygens (including phenoxy) is 2. The fourth-order valence-corrected chi connectivity index (χ4v) is 5.73. The summed E-state index contributed by atoms with van der Waals surface area (Å²) >= 11 is 0. The summed E-state index contributed by atoms with van der Waals surface area (Å²) in [6.07, 6.45) is 7.11. The van der Waals surface area contributed by atoms with Gasteiger partial charge in [0, 0.05) is 12.2 Å². The first kappa shape index (κ1) is 25.8. The van der Waals surface area contributed by atoms with Gasteiger partial charge in [0.25, 0.3) is 0 Å². The van der Waals surface area contributed by atoms with Gasteiger partial charge in [-0.15, -0.1) is 0 Å². The van der Waals surface area contributed by atoms with Gasteiger partial charge in [-0.3, -0.25) is 4.79 Å². The Hall–Kier alpha value is -2.27. The van der Waals surface area contributed by atoms with E-state index in [9.17, 15) is 13.6 Å². The van der Waals surface area contributed by atoms with Crippen LogP contribution in [0.25, 0.3) is 0 Å². The van der Waals surface area contributed by atoms with Gasteiger partial charge in [0.1, 0.15) is 17.7 Å². The van der Waals surface area contributed by atoms with Crippen molar-refractivity contribution in [1.29, 1.82) is 0 Å². The van der Waals surface area contributed by atoms with Crippen molar-refractivity contribution >= 4 is 5.97 Å². The molecule has 0 amide bonds. The standard InChI is InChI=1S/C30H38F2O3/c1-3-34-25-13-15-26(16-14-25)35-30(33)23-11-9-22(10-12-23)24-18-28(31)27(29(32)19-24)17-20(2)21-7-5-4-6-8-21/h4-8,18-20,22-23,25-26H,3,9-17H2,1-2H3/t20-,22?,23?,25?,26?/m1/s1. The second-order valence-corrected chi connectivity index (χ2v) is 10.3. The van der Waals surface area contributed by atoms with Crippen LogP contribution in [0, 0.1) is 17.6 Å². The summed E-state index contributed by atoms with van der Waals surface area (Å²) in [4.78, 5) is 12.7. The minimum absolute atomic E-state index is 0.00839. The Morgan fingerprint density at radius 1 is 0.914 bits per heavy atom. The number of hydrogen-bond donors (Lipinski definition) is 0. The van der Waals surface area contributed by atoms with E-state index >= 15 is 0 Å². The molecule has 0 saturated heterocycles. The monoisotopic (exact) mass is 484 g/mol. The van der Waals surface area contributed by atoms with Crippen molar-refractivity contribution in [1.82, 2.24) is 0 Å². The number of carbonyl (C=O) groups excluding carboxylic acids is 1. The smallest absolute Gasteiger partial charge is 0.309 e. The summed E-state index contributed by atoms with van der Waals surface area (Å²) in [6.45, 7) is 4.72. The van der Waals surface area contributed by atoms with E-state index in [-0.39, 0.29) is 35.4 Å². The topological polar surface area (TPSA) is 35.5 Å². The maximum absolute atomic E-state index is 15.0. The molecule has 5 heteroatoms. The SMILES string of the molecule is CCOC1CCC(OC(=O)C2CCC(c3cc(F)c(C[C@@H](C)c4ccccc4)c(F)c3)CC2)CC1. The van der Waals surface area contributed by atoms with Crippen LogP contribution < -0.4 is 0 Å². The summed E-state index contributed by atoms with van der Waals surface area (Å²) in [5.74, 6) is -1.05. The molecule has 35 heavy (non-hydrogen) atoms. The number of carbonyl (C=O) groups is 1. The van der Waals surface area contributed by atoms with Crippen LogP contribution >= 0.6 is 0 Å². The van der Waals surface area contributed by atoms with Gasteiger partial charge in [-0.05, 0) is 99.8 Å². The summed E-state index contributed by atoms with van der Waals surface area (Å²) < 4.78 is 41.4. The van der Waals surface area contributed by atoms with Gasteiger partial charge in [-0.1, -0.05) is 37.3 Å². The minimum Gasteiger partial charge on any atom is -0.462 e. The highest BCUT2D eigenvalue weighted by Crippen LogP contribution is 2.38. The molecule has 2 aliphatic rings. The molecule has 0 bridgehead atoms. The van der Waals surface area contributed by atoms with E-state index in [1.165, 1.54) is 12.1 Å². The zero-order chi connectivity index (χ0) is 24.8. The maximum Gasteiger partial charge on any atom is 0.309 e. The lowest BCUT2D eigenvalue weighted by Gasteiger charge is -2.31. The lowest BCUT2D eigenvalue weighted by Crippen LogP contribution is -2.31. The van der Waals surface area contributed by atoms with Crippen molar-refractivity contribution in [2.24, 2.45) is 5.92 Å². The van der Waals surface area contributed by atoms with Crippen molar-refractivity contribution in [3.63, 3.8) is 0 Å². The first-order valence-corrected chi connectivity index (χ1v) is 13.3. The zero-order valence-corrected chi connectivity index (χ0v) is 21.0. The van der Waals surface area contributed by atoms with Crippen LogP contribution in [0.5, 0.6) is 0 Å². The average molecular weight is 485 g/mol. The van der Waals surface area contributed by atoms with Crippen LogP contribution in [0.2, 0.25) is 0 Å². The Labute approximate surface area is 208 Å². The summed E-state index contributed by atoms with van der Waals surface area (Å²) in [5.41, 5.74) is 1.93. The van der Waals surface area contributed by atoms with Gasteiger partial charge in [-0.2, -0.15) is 0 Å². The molecule has 0 N–H and O–H groups in total. The first-order chi connectivity index (χ1) is 16.9. The van der Waals surface area contributed by atoms with Crippen LogP contribution in [0.1, 0.15) is 93.7 Å². The number of halogens is 2. The zero-order valence-electron chi connectivity index (χ0n) is 21.0. The molecular formula is C30H38F2O3. The third-order valence-electron chi connectivity index (χ3n) is 7.88. The van der Waals surface area contributed by atoms with E-state index in [0.717, 1.165) is 50.7 Å². The van der Waals surface area contributed by atoms with E-state index in [1.807, 2.05) is 44.2 Å². The molecule has 0 heterocycles. The molecule has 0 aromatic heterocycles. The minimum atomic E-state index is -0.466. The second-order valence-electron chi connectivity index (χ2n) is 10.3. The number of rotatable bonds is 8. The summed E-state index contributed by atoms with van der Waals surface area (Å²) in [7, 11) is 0. The molecule has 2 aromatic carbocycles. The Balaban J connectivity index is 1.29. The van der Waals surface area contributed by atoms with Crippen molar-refractivity contribution in [3.8, 4) is 0 Å². The fourth-order valence-electron chi connectivity index (χ4n) is 5.73. The number of hydrogen-bond acceptors (Lipinski definition) is 3. The van der Waals surface area contributed by atoms with Crippen molar-refractivity contribution in [2.75, 3.05) is 6.61 Å². The molecule has 0 aliphatic heterocycles. The van der Waals surface area contributed by atoms with Crippen LogP contribution in [0.15, 0.2) is 42.5 Å². The highest BCUT2D eigenvalue weighted by atomic mass is 19.1. The third kappa shape index (κ3) is 6.69. The van der Waals surface area contributed by atoms with Gasteiger partial charge >= 0.3 is 5.97 Å². The number of esters is 1. The van der Waals surface area contributed by atoms with E-state index in [0.29, 0.717) is 30.9 Å². The highest BCUT2D eigenvalue weighted by molar-refractivity contribution is 5.72. The first-order valence-electron chi connectivity index (χ1n) is 13.3. The maximum atomic E-state index is 15.0. The van der Waals surface area contributed by atoms with Gasteiger partial charge in [0.2, 0.25) is 0 Å². The molecular weight excluding hydrogens is 446 g/mol. The van der Waals surface area contributed by atoms with E-state index in [4.69, 9.17) is 9.47 Å². The largest absolute Gasteiger partial charge is 0.462 e. The molecule has 0 unspecified atom stereocenters. The predicted molar refractivity (Wildman–Crippen MR) is 133 cm³/mol. The van der Waals surface area contributed by atoms with Crippen LogP contribution in [-0.2, 0) is 20.7 Å². The highest BCUT2D eigenvalue weighted by Gasteiger charge is 2.32. The lowest BCUT2D eigenvalue weighted by molar-refractivity contribution is -0.158. The van der Waals surface area contributed by atoms with E-state index in [2.05, 4.69) is 0 Å². The van der Waals surface area contributed by atoms with E-state index < -0.39 is 11.6 Å². The van der Waals surface area contributed by atoms with Crippen LogP contribution in [-0.4, -0.2) is 24.8 Å². The van der Waals surface area contributed by atoms with Gasteiger partial charge < -0.3 is 9.47 Å². The summed E-state index contributed by atoms with van der Waals surface area (Å²) in [5, 5.41) is 0.